The number of hydrogen-bond acceptors (Lipinski definition) is 10. The zero-order valence-corrected chi connectivity index (χ0v) is 34.5. The van der Waals surface area contributed by atoms with Gasteiger partial charge in [0.05, 0.1) is 25.0 Å². The summed E-state index contributed by atoms with van der Waals surface area (Å²) in [7, 11) is -4.61. The van der Waals surface area contributed by atoms with E-state index in [2.05, 4.69) is 29.1 Å². The quantitative estimate of drug-likeness (QED) is 0.0391. The summed E-state index contributed by atoms with van der Waals surface area (Å²) in [6.45, 7) is 6.29. The van der Waals surface area contributed by atoms with Gasteiger partial charge in [0.2, 0.25) is 0 Å². The van der Waals surface area contributed by atoms with Crippen molar-refractivity contribution < 1.29 is 38.2 Å². The molecule has 55 heavy (non-hydrogen) atoms. The highest BCUT2D eigenvalue weighted by molar-refractivity contribution is 7.47. The van der Waals surface area contributed by atoms with Crippen molar-refractivity contribution in [3.8, 4) is 0 Å². The van der Waals surface area contributed by atoms with Crippen molar-refractivity contribution in [3.05, 3.63) is 60.0 Å². The van der Waals surface area contributed by atoms with Gasteiger partial charge in [-0.1, -0.05) is 134 Å². The molecule has 310 valence electrons. The van der Waals surface area contributed by atoms with Crippen molar-refractivity contribution in [2.24, 2.45) is 5.92 Å². The van der Waals surface area contributed by atoms with Crippen LogP contribution in [0.4, 0.5) is 5.82 Å². The second-order valence-electron chi connectivity index (χ2n) is 15.6. The summed E-state index contributed by atoms with van der Waals surface area (Å²) < 4.78 is 38.1. The first-order valence-corrected chi connectivity index (χ1v) is 22.4. The Morgan fingerprint density at radius 3 is 2.11 bits per heavy atom. The van der Waals surface area contributed by atoms with Gasteiger partial charge >= 0.3 is 7.82 Å². The van der Waals surface area contributed by atoms with E-state index in [1.807, 2.05) is 18.2 Å². The number of aliphatic hydroxyl groups excluding tert-OH is 2. The first-order valence-electron chi connectivity index (χ1n) is 20.9. The lowest BCUT2D eigenvalue weighted by Crippen LogP contribution is -2.49. The molecule has 0 bridgehead atoms. The van der Waals surface area contributed by atoms with E-state index in [9.17, 15) is 19.7 Å². The van der Waals surface area contributed by atoms with Gasteiger partial charge < -0.3 is 30.3 Å². The molecule has 3 aromatic rings. The van der Waals surface area contributed by atoms with Gasteiger partial charge in [-0.25, -0.2) is 14.1 Å². The van der Waals surface area contributed by atoms with Crippen LogP contribution < -0.4 is 5.73 Å². The zero-order chi connectivity index (χ0) is 39.5. The van der Waals surface area contributed by atoms with Crippen LogP contribution >= 0.6 is 7.82 Å². The Hall–Kier alpha value is -2.41. The first kappa shape index (κ1) is 45.3. The van der Waals surface area contributed by atoms with Crippen LogP contribution in [0.25, 0.3) is 5.52 Å². The molecule has 1 unspecified atom stereocenters. The lowest BCUT2D eigenvalue weighted by atomic mass is 9.91. The molecule has 2 aromatic heterocycles. The van der Waals surface area contributed by atoms with Crippen LogP contribution in [0.2, 0.25) is 0 Å². The maximum absolute atomic E-state index is 13.3. The number of unbranched alkanes of at least 4 members (excludes halogenated alkanes) is 15. The molecule has 4 rings (SSSR count). The predicted octanol–water partition coefficient (Wildman–Crippen LogP) is 8.91. The fraction of sp³-hybridized carbons (Fsp3) is 0.714. The lowest BCUT2D eigenvalue weighted by molar-refractivity contribution is -0.132. The minimum absolute atomic E-state index is 0.0467. The molecule has 1 aromatic carbocycles. The van der Waals surface area contributed by atoms with E-state index in [1.165, 1.54) is 120 Å². The van der Waals surface area contributed by atoms with E-state index < -0.39 is 37.8 Å². The molecule has 1 aliphatic rings. The summed E-state index contributed by atoms with van der Waals surface area (Å²) in [6.07, 6.45) is 18.8. The molecule has 12 nitrogen and oxygen atoms in total. The van der Waals surface area contributed by atoms with E-state index in [-0.39, 0.29) is 18.3 Å². The SMILES string of the molecule is CCCCCCCCCCCCCCCCCCOC[C@@H](CCc1ccccc1)COP(=O)(O)O[C@@H](C)[C@@]1(C)O[C@@H](c2ccc3c(N)ncnn23)[C@H](O)[C@@H]1O. The second kappa shape index (κ2) is 23.7. The summed E-state index contributed by atoms with van der Waals surface area (Å²) in [5, 5.41) is 26.3. The van der Waals surface area contributed by atoms with Crippen LogP contribution in [0.1, 0.15) is 147 Å². The fourth-order valence-corrected chi connectivity index (χ4v) is 8.51. The minimum Gasteiger partial charge on any atom is -0.387 e. The van der Waals surface area contributed by atoms with E-state index in [1.54, 1.807) is 12.1 Å². The van der Waals surface area contributed by atoms with Gasteiger partial charge in [0, 0.05) is 12.5 Å². The van der Waals surface area contributed by atoms with E-state index in [0.29, 0.717) is 30.8 Å². The number of aryl methyl sites for hydroxylation is 1. The van der Waals surface area contributed by atoms with Crippen molar-refractivity contribution in [1.29, 1.82) is 0 Å². The topological polar surface area (TPSA) is 171 Å². The van der Waals surface area contributed by atoms with Crippen LogP contribution in [-0.4, -0.2) is 73.4 Å². The number of phosphoric ester groups is 1. The third-order valence-electron chi connectivity index (χ3n) is 11.2. The average Bonchev–Trinajstić information content (AvgIpc) is 3.71. The Bertz CT molecular complexity index is 1550. The molecule has 0 amide bonds. The number of phosphoric acid groups is 1. The average molecular weight is 789 g/mol. The van der Waals surface area contributed by atoms with Crippen LogP contribution in [0.5, 0.6) is 0 Å². The summed E-state index contributed by atoms with van der Waals surface area (Å²) in [4.78, 5) is 14.8. The standard InChI is InChI=1S/C42H69N4O8P/c1-4-5-6-7-8-9-10-11-12-13-14-15-16-17-18-22-29-51-30-35(26-25-34-23-20-19-21-24-34)31-52-55(49,50)54-33(2)42(3)40(48)38(47)39(53-42)36-27-28-37-41(43)44-32-45-46(36)37/h19-21,23-24,27-28,32-33,35,38-40,47-48H,4-18,22,25-26,29-31H2,1-3H3,(H,49,50)(H2,43,44,45)/t33-,35+,38-,39-,40-,42+/m0/s1. The van der Waals surface area contributed by atoms with Gasteiger partial charge in [-0.05, 0) is 50.8 Å². The number of aliphatic hydroxyl groups is 2. The van der Waals surface area contributed by atoms with E-state index >= 15 is 0 Å². The molecule has 0 radical (unpaired) electrons. The number of fused-ring (bicyclic) bond motifs is 1. The smallest absolute Gasteiger partial charge is 0.387 e. The maximum Gasteiger partial charge on any atom is 0.472 e. The number of nitrogen functional groups attached to an aromatic ring is 1. The third kappa shape index (κ3) is 14.5. The van der Waals surface area contributed by atoms with Crippen molar-refractivity contribution in [3.63, 3.8) is 0 Å². The zero-order valence-electron chi connectivity index (χ0n) is 33.6. The van der Waals surface area contributed by atoms with Crippen molar-refractivity contribution in [2.75, 3.05) is 25.6 Å². The molecule has 0 saturated carbocycles. The first-order chi connectivity index (χ1) is 26.6. The highest BCUT2D eigenvalue weighted by Gasteiger charge is 2.56. The number of ether oxygens (including phenoxy) is 2. The molecule has 1 fully saturated rings. The van der Waals surface area contributed by atoms with Crippen molar-refractivity contribution in [1.82, 2.24) is 14.6 Å². The Balaban J connectivity index is 1.16. The van der Waals surface area contributed by atoms with Gasteiger partial charge in [0.1, 0.15) is 35.8 Å². The van der Waals surface area contributed by atoms with Gasteiger partial charge in [-0.3, -0.25) is 9.05 Å². The number of rotatable bonds is 29. The molecule has 0 spiro atoms. The van der Waals surface area contributed by atoms with Crippen LogP contribution in [0.15, 0.2) is 48.8 Å². The van der Waals surface area contributed by atoms with Crippen molar-refractivity contribution in [2.45, 2.75) is 166 Å². The normalized spacial score (nSPS) is 22.3. The number of hydrogen-bond donors (Lipinski definition) is 4. The van der Waals surface area contributed by atoms with Gasteiger partial charge in [0.25, 0.3) is 0 Å². The Labute approximate surface area is 329 Å². The molecular weight excluding hydrogens is 719 g/mol. The molecule has 7 atom stereocenters. The lowest BCUT2D eigenvalue weighted by Gasteiger charge is -2.34. The molecule has 13 heteroatoms. The summed E-state index contributed by atoms with van der Waals surface area (Å²) in [6, 6.07) is 13.5. The monoisotopic (exact) mass is 788 g/mol. The molecule has 3 heterocycles. The largest absolute Gasteiger partial charge is 0.472 e. The highest BCUT2D eigenvalue weighted by Crippen LogP contribution is 2.50. The maximum atomic E-state index is 13.3. The second-order valence-corrected chi connectivity index (χ2v) is 17.0. The molecular formula is C42H69N4O8P. The number of anilines is 1. The van der Waals surface area contributed by atoms with Gasteiger partial charge in [-0.2, -0.15) is 5.10 Å². The fourth-order valence-electron chi connectivity index (χ4n) is 7.44. The van der Waals surface area contributed by atoms with Crippen LogP contribution in [0, 0.1) is 5.92 Å². The van der Waals surface area contributed by atoms with Gasteiger partial charge in [-0.15, -0.1) is 0 Å². The molecule has 1 saturated heterocycles. The third-order valence-corrected chi connectivity index (χ3v) is 12.2. The molecule has 0 aliphatic carbocycles. The minimum atomic E-state index is -4.61. The van der Waals surface area contributed by atoms with Crippen molar-refractivity contribution >= 4 is 19.2 Å². The van der Waals surface area contributed by atoms with Crippen LogP contribution in [0.3, 0.4) is 0 Å². The summed E-state index contributed by atoms with van der Waals surface area (Å²) >= 11 is 0. The van der Waals surface area contributed by atoms with E-state index in [0.717, 1.165) is 19.3 Å². The Morgan fingerprint density at radius 1 is 0.891 bits per heavy atom. The Kier molecular flexibility index (Phi) is 19.5. The number of benzene rings is 1. The Morgan fingerprint density at radius 2 is 1.49 bits per heavy atom. The summed E-state index contributed by atoms with van der Waals surface area (Å²) in [5.74, 6) is 0.104. The molecule has 5 N–H and O–H groups in total. The number of nitrogens with two attached hydrogens (primary N) is 1. The van der Waals surface area contributed by atoms with Crippen LogP contribution in [-0.2, 0) is 29.5 Å². The van der Waals surface area contributed by atoms with Gasteiger partial charge in [0.15, 0.2) is 5.82 Å². The predicted molar refractivity (Wildman–Crippen MR) is 217 cm³/mol. The highest BCUT2D eigenvalue weighted by atomic mass is 31.2. The number of aromatic nitrogens is 3. The molecule has 1 aliphatic heterocycles. The number of nitrogens with zero attached hydrogens (tertiary/aromatic N) is 3. The summed E-state index contributed by atoms with van der Waals surface area (Å²) in [5.41, 5.74) is 6.53. The van der Waals surface area contributed by atoms with E-state index in [4.69, 9.17) is 24.3 Å².